The molecule has 192 valence electrons. The third-order valence-corrected chi connectivity index (χ3v) is 7.85. The van der Waals surface area contributed by atoms with Crippen LogP contribution in [0, 0.1) is 6.92 Å². The van der Waals surface area contributed by atoms with Crippen molar-refractivity contribution in [1.29, 1.82) is 0 Å². The van der Waals surface area contributed by atoms with E-state index < -0.39 is 5.92 Å². The molecule has 1 aliphatic heterocycles. The molecule has 1 amide bonds. The Morgan fingerprint density at radius 1 is 1.00 bits per heavy atom. The maximum Gasteiger partial charge on any atom is 0.262 e. The summed E-state index contributed by atoms with van der Waals surface area (Å²) in [5.41, 5.74) is 5.80. The highest BCUT2D eigenvalue weighted by atomic mass is 35.5. The predicted octanol–water partition coefficient (Wildman–Crippen LogP) is 6.10. The molecule has 1 heterocycles. The van der Waals surface area contributed by atoms with Crippen molar-refractivity contribution in [2.24, 2.45) is 0 Å². The van der Waals surface area contributed by atoms with Gasteiger partial charge >= 0.3 is 0 Å². The Hall–Kier alpha value is -3.38. The molecule has 3 aliphatic rings. The highest BCUT2D eigenvalue weighted by Gasteiger charge is 2.43. The summed E-state index contributed by atoms with van der Waals surface area (Å²) >= 11 is 6.18. The van der Waals surface area contributed by atoms with Crippen molar-refractivity contribution in [3.8, 4) is 5.75 Å². The van der Waals surface area contributed by atoms with Gasteiger partial charge in [-0.15, -0.1) is 0 Å². The average molecular weight is 519 g/mol. The molecule has 7 heteroatoms. The van der Waals surface area contributed by atoms with Gasteiger partial charge in [-0.25, -0.2) is 0 Å². The zero-order chi connectivity index (χ0) is 26.1. The SMILES string of the molecule is CCN1C2=C(C(=O)CCC2)C(c2ccccc2OCC(=O)Nc2ccc(C)c(Cl)c2)C2=C1CCCC2=O. The van der Waals surface area contributed by atoms with E-state index >= 15 is 0 Å². The largest absolute Gasteiger partial charge is 0.483 e. The molecular weight excluding hydrogens is 488 g/mol. The van der Waals surface area contributed by atoms with Gasteiger partial charge in [-0.1, -0.05) is 35.9 Å². The number of carbonyl (C=O) groups is 3. The van der Waals surface area contributed by atoms with E-state index in [-0.39, 0.29) is 24.1 Å². The van der Waals surface area contributed by atoms with E-state index in [1.165, 1.54) is 0 Å². The van der Waals surface area contributed by atoms with Crippen LogP contribution in [-0.4, -0.2) is 35.5 Å². The first kappa shape index (κ1) is 25.3. The van der Waals surface area contributed by atoms with Crippen LogP contribution in [0.25, 0.3) is 0 Å². The molecule has 2 aromatic rings. The summed E-state index contributed by atoms with van der Waals surface area (Å²) in [4.78, 5) is 41.6. The van der Waals surface area contributed by atoms with E-state index in [1.807, 2.05) is 31.2 Å². The molecule has 2 aromatic carbocycles. The van der Waals surface area contributed by atoms with Crippen molar-refractivity contribution in [1.82, 2.24) is 4.90 Å². The second kappa shape index (κ2) is 10.5. The standard InChI is InChI=1S/C30H31ClN2O4/c1-3-33-22-9-6-11-24(34)29(22)28(30-23(33)10-7-12-25(30)35)20-8-4-5-13-26(20)37-17-27(36)32-19-15-14-18(2)21(31)16-19/h4-5,8,13-16,28H,3,6-7,9-12,17H2,1-2H3,(H,32,36). The van der Waals surface area contributed by atoms with Crippen LogP contribution in [0.1, 0.15) is 62.5 Å². The van der Waals surface area contributed by atoms with E-state index in [1.54, 1.807) is 18.2 Å². The average Bonchev–Trinajstić information content (AvgIpc) is 2.89. The Balaban J connectivity index is 1.48. The van der Waals surface area contributed by atoms with Crippen molar-refractivity contribution in [2.75, 3.05) is 18.5 Å². The fourth-order valence-corrected chi connectivity index (χ4v) is 5.95. The number of hydrogen-bond donors (Lipinski definition) is 1. The molecule has 1 N–H and O–H groups in total. The summed E-state index contributed by atoms with van der Waals surface area (Å²) in [6.45, 7) is 4.49. The Labute approximate surface area is 222 Å². The molecule has 0 radical (unpaired) electrons. The van der Waals surface area contributed by atoms with E-state index in [2.05, 4.69) is 17.1 Å². The molecule has 0 atom stereocenters. The van der Waals surface area contributed by atoms with Crippen LogP contribution in [-0.2, 0) is 14.4 Å². The molecular formula is C30H31ClN2O4. The molecule has 0 spiro atoms. The number of anilines is 1. The van der Waals surface area contributed by atoms with Crippen LogP contribution in [0.5, 0.6) is 5.75 Å². The first-order valence-electron chi connectivity index (χ1n) is 13.0. The number of halogens is 1. The minimum atomic E-state index is -0.469. The fourth-order valence-electron chi connectivity index (χ4n) is 5.77. The minimum Gasteiger partial charge on any atom is -0.483 e. The van der Waals surface area contributed by atoms with Crippen LogP contribution in [0.15, 0.2) is 65.0 Å². The van der Waals surface area contributed by atoms with E-state index in [9.17, 15) is 14.4 Å². The molecule has 2 aliphatic carbocycles. The van der Waals surface area contributed by atoms with Crippen LogP contribution in [0.3, 0.4) is 0 Å². The number of aryl methyl sites for hydroxylation is 1. The summed E-state index contributed by atoms with van der Waals surface area (Å²) in [5, 5.41) is 3.39. The lowest BCUT2D eigenvalue weighted by molar-refractivity contribution is -0.119. The van der Waals surface area contributed by atoms with Crippen molar-refractivity contribution in [2.45, 2.75) is 58.3 Å². The first-order chi connectivity index (χ1) is 17.9. The molecule has 5 rings (SSSR count). The van der Waals surface area contributed by atoms with Crippen LogP contribution in [0.4, 0.5) is 5.69 Å². The summed E-state index contributed by atoms with van der Waals surface area (Å²) in [6.07, 6.45) is 4.24. The molecule has 37 heavy (non-hydrogen) atoms. The molecule has 0 saturated heterocycles. The van der Waals surface area contributed by atoms with Gasteiger partial charge in [-0.2, -0.15) is 0 Å². The maximum absolute atomic E-state index is 13.4. The molecule has 0 bridgehead atoms. The number of hydrogen-bond acceptors (Lipinski definition) is 5. The normalized spacial score (nSPS) is 18.1. The maximum atomic E-state index is 13.4. The molecule has 6 nitrogen and oxygen atoms in total. The number of amides is 1. The number of nitrogens with one attached hydrogen (secondary N) is 1. The number of ketones is 2. The topological polar surface area (TPSA) is 75.7 Å². The Bertz CT molecular complexity index is 1300. The molecule has 0 aromatic heterocycles. The number of Topliss-reactive ketones (excluding diaryl/α,β-unsaturated/α-hetero) is 2. The molecule has 0 fully saturated rings. The quantitative estimate of drug-likeness (QED) is 0.500. The summed E-state index contributed by atoms with van der Waals surface area (Å²) in [7, 11) is 0. The van der Waals surface area contributed by atoms with Crippen molar-refractivity contribution >= 4 is 34.8 Å². The van der Waals surface area contributed by atoms with Gasteiger partial charge in [-0.3, -0.25) is 14.4 Å². The van der Waals surface area contributed by atoms with E-state index in [0.29, 0.717) is 29.3 Å². The van der Waals surface area contributed by atoms with Gasteiger partial charge in [0.1, 0.15) is 5.75 Å². The van der Waals surface area contributed by atoms with Crippen molar-refractivity contribution < 1.29 is 19.1 Å². The Morgan fingerprint density at radius 3 is 2.27 bits per heavy atom. The second-order valence-electron chi connectivity index (χ2n) is 9.79. The van der Waals surface area contributed by atoms with Gasteiger partial charge in [0.2, 0.25) is 0 Å². The monoisotopic (exact) mass is 518 g/mol. The van der Waals surface area contributed by atoms with Gasteiger partial charge in [0.15, 0.2) is 18.2 Å². The molecule has 0 saturated carbocycles. The first-order valence-corrected chi connectivity index (χ1v) is 13.3. The summed E-state index contributed by atoms with van der Waals surface area (Å²) in [5.74, 6) is -0.0943. The van der Waals surface area contributed by atoms with Crippen molar-refractivity contribution in [3.63, 3.8) is 0 Å². The lowest BCUT2D eigenvalue weighted by Crippen LogP contribution is -2.39. The highest BCUT2D eigenvalue weighted by molar-refractivity contribution is 6.31. The summed E-state index contributed by atoms with van der Waals surface area (Å²) in [6, 6.07) is 12.8. The number of ether oxygens (including phenoxy) is 1. The lowest BCUT2D eigenvalue weighted by atomic mass is 9.70. The minimum absolute atomic E-state index is 0.0958. The van der Waals surface area contributed by atoms with Crippen LogP contribution >= 0.6 is 11.6 Å². The number of rotatable bonds is 6. The van der Waals surface area contributed by atoms with Gasteiger partial charge in [0, 0.05) is 64.1 Å². The Kier molecular flexibility index (Phi) is 7.20. The van der Waals surface area contributed by atoms with E-state index in [4.69, 9.17) is 16.3 Å². The fraction of sp³-hybridized carbons (Fsp3) is 0.367. The van der Waals surface area contributed by atoms with Crippen LogP contribution in [0.2, 0.25) is 5.02 Å². The zero-order valence-corrected chi connectivity index (χ0v) is 22.0. The number of nitrogens with zero attached hydrogens (tertiary/aromatic N) is 1. The third-order valence-electron chi connectivity index (χ3n) is 7.45. The third kappa shape index (κ3) is 4.82. The Morgan fingerprint density at radius 2 is 1.65 bits per heavy atom. The van der Waals surface area contributed by atoms with Crippen LogP contribution < -0.4 is 10.1 Å². The van der Waals surface area contributed by atoms with Gasteiger partial charge in [0.25, 0.3) is 5.91 Å². The second-order valence-corrected chi connectivity index (χ2v) is 10.2. The smallest absolute Gasteiger partial charge is 0.262 e. The van der Waals surface area contributed by atoms with E-state index in [0.717, 1.165) is 65.9 Å². The van der Waals surface area contributed by atoms with Gasteiger partial charge in [0.05, 0.1) is 0 Å². The number of para-hydroxylation sites is 1. The number of benzene rings is 2. The molecule has 0 unspecified atom stereocenters. The zero-order valence-electron chi connectivity index (χ0n) is 21.2. The highest BCUT2D eigenvalue weighted by Crippen LogP contribution is 2.50. The predicted molar refractivity (Wildman–Crippen MR) is 144 cm³/mol. The number of allylic oxidation sites excluding steroid dienone is 4. The summed E-state index contributed by atoms with van der Waals surface area (Å²) < 4.78 is 6.04. The van der Waals surface area contributed by atoms with Gasteiger partial charge in [-0.05, 0) is 63.3 Å². The van der Waals surface area contributed by atoms with Crippen molar-refractivity contribution in [3.05, 3.63) is 81.2 Å². The number of carbonyl (C=O) groups excluding carboxylic acids is 3. The van der Waals surface area contributed by atoms with Gasteiger partial charge < -0.3 is 15.0 Å². The lowest BCUT2D eigenvalue weighted by Gasteiger charge is -2.43.